The van der Waals surface area contributed by atoms with E-state index < -0.39 is 0 Å². The topological polar surface area (TPSA) is 56.7 Å². The fraction of sp³-hybridized carbons (Fsp3) is 0.778. The zero-order valence-corrected chi connectivity index (χ0v) is 15.2. The Bertz CT molecular complexity index is 398. The number of hydrogen-bond donors (Lipinski definition) is 2. The number of carbonyl (C=O) groups excluding carboxylic acids is 1. The molecule has 5 heteroatoms. The van der Waals surface area contributed by atoms with Gasteiger partial charge in [-0.1, -0.05) is 50.7 Å². The van der Waals surface area contributed by atoms with E-state index in [1.807, 2.05) is 6.92 Å². The molecular formula is C18H34N4O. The average molecular weight is 322 g/mol. The Morgan fingerprint density at radius 2 is 1.91 bits per heavy atom. The largest absolute Gasteiger partial charge is 0.356 e. The van der Waals surface area contributed by atoms with Gasteiger partial charge in [-0.05, 0) is 19.3 Å². The molecule has 1 aliphatic carbocycles. The van der Waals surface area contributed by atoms with Crippen molar-refractivity contribution in [2.45, 2.75) is 51.9 Å². The van der Waals surface area contributed by atoms with Crippen LogP contribution < -0.4 is 10.6 Å². The van der Waals surface area contributed by atoms with Gasteiger partial charge in [0.1, 0.15) is 6.54 Å². The fourth-order valence-electron chi connectivity index (χ4n) is 2.76. The number of unbranched alkanes of at least 4 members (excludes halogenated alkanes) is 1. The Morgan fingerprint density at radius 1 is 1.22 bits per heavy atom. The molecule has 1 fully saturated rings. The van der Waals surface area contributed by atoms with E-state index in [0.29, 0.717) is 12.5 Å². The van der Waals surface area contributed by atoms with Crippen molar-refractivity contribution in [1.29, 1.82) is 0 Å². The molecule has 1 amide bonds. The number of nitrogens with one attached hydrogen (secondary N) is 2. The van der Waals surface area contributed by atoms with Gasteiger partial charge in [0.05, 0.1) is 0 Å². The molecule has 0 radical (unpaired) electrons. The molecule has 2 N–H and O–H groups in total. The lowest BCUT2D eigenvalue weighted by atomic mass is 10.0. The molecule has 0 heterocycles. The number of likely N-dealkylation sites (N-methyl/N-ethyl adjacent to an activating group) is 1. The maximum atomic E-state index is 11.7. The maximum Gasteiger partial charge on any atom is 0.243 e. The van der Waals surface area contributed by atoms with Crippen LogP contribution in [-0.2, 0) is 4.79 Å². The number of amides is 1. The van der Waals surface area contributed by atoms with Crippen LogP contribution in [0.5, 0.6) is 0 Å². The summed E-state index contributed by atoms with van der Waals surface area (Å²) in [4.78, 5) is 17.6. The summed E-state index contributed by atoms with van der Waals surface area (Å²) in [6.45, 7) is 7.59. The van der Waals surface area contributed by atoms with Gasteiger partial charge < -0.3 is 15.5 Å². The zero-order chi connectivity index (χ0) is 17.1. The van der Waals surface area contributed by atoms with Crippen molar-refractivity contribution in [3.63, 3.8) is 0 Å². The molecule has 0 atom stereocenters. The SMILES string of the molecule is C=C(C)CNC(=NCC(=O)N(C)C)NCCCCC1CCCC1. The summed E-state index contributed by atoms with van der Waals surface area (Å²) in [6, 6.07) is 0. The van der Waals surface area contributed by atoms with Crippen molar-refractivity contribution >= 4 is 11.9 Å². The highest BCUT2D eigenvalue weighted by molar-refractivity contribution is 5.84. The molecule has 0 spiro atoms. The molecule has 0 saturated heterocycles. The quantitative estimate of drug-likeness (QED) is 0.297. The van der Waals surface area contributed by atoms with E-state index in [1.165, 1.54) is 38.5 Å². The number of guanidine groups is 1. The second kappa shape index (κ2) is 11.1. The van der Waals surface area contributed by atoms with Crippen LogP contribution in [0.15, 0.2) is 17.1 Å². The molecule has 23 heavy (non-hydrogen) atoms. The lowest BCUT2D eigenvalue weighted by Crippen LogP contribution is -2.39. The predicted octanol–water partition coefficient (Wildman–Crippen LogP) is 2.55. The van der Waals surface area contributed by atoms with Crippen LogP contribution in [0.2, 0.25) is 0 Å². The van der Waals surface area contributed by atoms with Gasteiger partial charge in [-0.3, -0.25) is 4.79 Å². The van der Waals surface area contributed by atoms with Crippen molar-refractivity contribution in [3.05, 3.63) is 12.2 Å². The van der Waals surface area contributed by atoms with E-state index in [4.69, 9.17) is 0 Å². The minimum absolute atomic E-state index is 0.00246. The van der Waals surface area contributed by atoms with E-state index in [0.717, 1.165) is 24.5 Å². The smallest absolute Gasteiger partial charge is 0.243 e. The Kier molecular flexibility index (Phi) is 9.41. The Balaban J connectivity index is 2.28. The first-order chi connectivity index (χ1) is 11.0. The third kappa shape index (κ3) is 9.26. The summed E-state index contributed by atoms with van der Waals surface area (Å²) >= 11 is 0. The molecular weight excluding hydrogens is 288 g/mol. The van der Waals surface area contributed by atoms with Crippen molar-refractivity contribution < 1.29 is 4.79 Å². The van der Waals surface area contributed by atoms with Crippen molar-refractivity contribution in [2.24, 2.45) is 10.9 Å². The van der Waals surface area contributed by atoms with Crippen molar-refractivity contribution in [2.75, 3.05) is 33.7 Å². The summed E-state index contributed by atoms with van der Waals surface area (Å²) in [7, 11) is 3.49. The molecule has 0 unspecified atom stereocenters. The van der Waals surface area contributed by atoms with Gasteiger partial charge in [0.25, 0.3) is 0 Å². The van der Waals surface area contributed by atoms with E-state index >= 15 is 0 Å². The molecule has 0 aliphatic heterocycles. The van der Waals surface area contributed by atoms with Gasteiger partial charge in [0.2, 0.25) is 5.91 Å². The molecule has 1 rings (SSSR count). The Hall–Kier alpha value is -1.52. The summed E-state index contributed by atoms with van der Waals surface area (Å²) in [5, 5.41) is 6.54. The summed E-state index contributed by atoms with van der Waals surface area (Å²) in [5.41, 5.74) is 1.04. The minimum atomic E-state index is 0.00246. The minimum Gasteiger partial charge on any atom is -0.356 e. The molecule has 0 aromatic carbocycles. The van der Waals surface area contributed by atoms with Crippen LogP contribution >= 0.6 is 0 Å². The van der Waals surface area contributed by atoms with Crippen LogP contribution in [0.1, 0.15) is 51.9 Å². The highest BCUT2D eigenvalue weighted by Gasteiger charge is 2.13. The second-order valence-electron chi connectivity index (χ2n) is 6.84. The summed E-state index contributed by atoms with van der Waals surface area (Å²) in [5.74, 6) is 1.66. The van der Waals surface area contributed by atoms with Crippen LogP contribution in [0.25, 0.3) is 0 Å². The highest BCUT2D eigenvalue weighted by atomic mass is 16.2. The maximum absolute atomic E-state index is 11.7. The van der Waals surface area contributed by atoms with Gasteiger partial charge in [-0.15, -0.1) is 0 Å². The molecule has 0 bridgehead atoms. The lowest BCUT2D eigenvalue weighted by molar-refractivity contribution is -0.127. The normalized spacial score (nSPS) is 15.5. The predicted molar refractivity (Wildman–Crippen MR) is 97.6 cm³/mol. The molecule has 0 aromatic rings. The first-order valence-electron chi connectivity index (χ1n) is 8.85. The molecule has 1 saturated carbocycles. The van der Waals surface area contributed by atoms with Crippen molar-refractivity contribution in [1.82, 2.24) is 15.5 Å². The Morgan fingerprint density at radius 3 is 2.52 bits per heavy atom. The molecule has 1 aliphatic rings. The second-order valence-corrected chi connectivity index (χ2v) is 6.84. The van der Waals surface area contributed by atoms with E-state index in [9.17, 15) is 4.79 Å². The summed E-state index contributed by atoms with van der Waals surface area (Å²) < 4.78 is 0. The first-order valence-corrected chi connectivity index (χ1v) is 8.85. The monoisotopic (exact) mass is 322 g/mol. The standard InChI is InChI=1S/C18H34N4O/c1-15(2)13-20-18(21-14-17(23)22(3)4)19-12-8-7-11-16-9-5-6-10-16/h16H,1,5-14H2,2-4H3,(H2,19,20,21). The zero-order valence-electron chi connectivity index (χ0n) is 15.2. The van der Waals surface area contributed by atoms with Gasteiger partial charge in [-0.25, -0.2) is 4.99 Å². The van der Waals surface area contributed by atoms with E-state index in [2.05, 4.69) is 22.2 Å². The number of hydrogen-bond acceptors (Lipinski definition) is 2. The van der Waals surface area contributed by atoms with Gasteiger partial charge in [0.15, 0.2) is 5.96 Å². The molecule has 5 nitrogen and oxygen atoms in total. The van der Waals surface area contributed by atoms with Gasteiger partial charge >= 0.3 is 0 Å². The fourth-order valence-corrected chi connectivity index (χ4v) is 2.76. The molecule has 132 valence electrons. The van der Waals surface area contributed by atoms with Gasteiger partial charge in [0, 0.05) is 27.2 Å². The van der Waals surface area contributed by atoms with E-state index in [1.54, 1.807) is 19.0 Å². The van der Waals surface area contributed by atoms with E-state index in [-0.39, 0.29) is 12.5 Å². The number of aliphatic imine (C=N–C) groups is 1. The highest BCUT2D eigenvalue weighted by Crippen LogP contribution is 2.28. The van der Waals surface area contributed by atoms with Crippen LogP contribution in [0.4, 0.5) is 0 Å². The lowest BCUT2D eigenvalue weighted by Gasteiger charge is -2.14. The molecule has 0 aromatic heterocycles. The van der Waals surface area contributed by atoms with Crippen molar-refractivity contribution in [3.8, 4) is 0 Å². The number of nitrogens with zero attached hydrogens (tertiary/aromatic N) is 2. The summed E-state index contributed by atoms with van der Waals surface area (Å²) in [6.07, 6.45) is 9.45. The van der Waals surface area contributed by atoms with Crippen LogP contribution in [0.3, 0.4) is 0 Å². The number of rotatable bonds is 9. The third-order valence-corrected chi connectivity index (χ3v) is 4.24. The third-order valence-electron chi connectivity index (χ3n) is 4.24. The number of carbonyl (C=O) groups is 1. The van der Waals surface area contributed by atoms with Crippen LogP contribution in [-0.4, -0.2) is 50.5 Å². The van der Waals surface area contributed by atoms with Crippen LogP contribution in [0, 0.1) is 5.92 Å². The Labute approximate surface area is 141 Å². The van der Waals surface area contributed by atoms with Gasteiger partial charge in [-0.2, -0.15) is 0 Å². The first kappa shape index (κ1) is 19.5. The average Bonchev–Trinajstić information content (AvgIpc) is 3.01.